The van der Waals surface area contributed by atoms with E-state index in [2.05, 4.69) is 5.32 Å². The predicted molar refractivity (Wildman–Crippen MR) is 72.0 cm³/mol. The number of carbonyl (C=O) groups excluding carboxylic acids is 1. The van der Waals surface area contributed by atoms with E-state index in [0.29, 0.717) is 16.5 Å². The second kappa shape index (κ2) is 6.07. The number of hydrogen-bond acceptors (Lipinski definition) is 3. The summed E-state index contributed by atoms with van der Waals surface area (Å²) >= 11 is 6.07. The van der Waals surface area contributed by atoms with Gasteiger partial charge in [-0.3, -0.25) is 4.79 Å². The summed E-state index contributed by atoms with van der Waals surface area (Å²) in [5.74, 6) is 0.0442. The molecule has 1 aliphatic heterocycles. The van der Waals surface area contributed by atoms with Crippen LogP contribution in [0.1, 0.15) is 23.2 Å². The summed E-state index contributed by atoms with van der Waals surface area (Å²) in [7, 11) is 0. The van der Waals surface area contributed by atoms with Crippen molar-refractivity contribution in [2.24, 2.45) is 11.7 Å². The zero-order valence-electron chi connectivity index (χ0n) is 10.1. The van der Waals surface area contributed by atoms with Gasteiger partial charge in [0.25, 0.3) is 0 Å². The van der Waals surface area contributed by atoms with Crippen molar-refractivity contribution in [2.75, 3.05) is 25.1 Å². The van der Waals surface area contributed by atoms with Crippen molar-refractivity contribution in [1.82, 2.24) is 0 Å². The highest BCUT2D eigenvalue weighted by molar-refractivity contribution is 6.33. The van der Waals surface area contributed by atoms with Gasteiger partial charge in [-0.25, -0.2) is 0 Å². The zero-order chi connectivity index (χ0) is 13.0. The van der Waals surface area contributed by atoms with Crippen molar-refractivity contribution < 1.29 is 9.53 Å². The van der Waals surface area contributed by atoms with E-state index in [0.717, 1.165) is 38.3 Å². The number of halogens is 1. The second-order valence-corrected chi connectivity index (χ2v) is 4.93. The number of nitrogens with one attached hydrogen (secondary N) is 1. The van der Waals surface area contributed by atoms with Gasteiger partial charge in [0.15, 0.2) is 0 Å². The number of ether oxygens (including phenoxy) is 1. The first-order valence-electron chi connectivity index (χ1n) is 6.08. The Bertz CT molecular complexity index is 431. The third kappa shape index (κ3) is 3.37. The van der Waals surface area contributed by atoms with Crippen LogP contribution >= 0.6 is 11.6 Å². The van der Waals surface area contributed by atoms with E-state index in [1.165, 1.54) is 0 Å². The van der Waals surface area contributed by atoms with E-state index in [1.807, 2.05) is 0 Å². The number of benzene rings is 1. The Balaban J connectivity index is 1.99. The molecule has 18 heavy (non-hydrogen) atoms. The lowest BCUT2D eigenvalue weighted by atomic mass is 10.0. The maximum atomic E-state index is 11.1. The first-order valence-corrected chi connectivity index (χ1v) is 6.45. The Hall–Kier alpha value is -1.26. The van der Waals surface area contributed by atoms with Gasteiger partial charge < -0.3 is 15.8 Å². The Morgan fingerprint density at radius 1 is 1.56 bits per heavy atom. The summed E-state index contributed by atoms with van der Waals surface area (Å²) < 4.78 is 5.42. The van der Waals surface area contributed by atoms with E-state index in [4.69, 9.17) is 22.1 Å². The molecule has 1 aromatic rings. The van der Waals surface area contributed by atoms with Crippen molar-refractivity contribution in [3.05, 3.63) is 28.8 Å². The smallest absolute Gasteiger partial charge is 0.248 e. The minimum absolute atomic E-state index is 0.448. The van der Waals surface area contributed by atoms with Crippen LogP contribution in [0.5, 0.6) is 0 Å². The van der Waals surface area contributed by atoms with Gasteiger partial charge in [0.05, 0.1) is 17.3 Å². The summed E-state index contributed by atoms with van der Waals surface area (Å²) in [5, 5.41) is 3.85. The maximum Gasteiger partial charge on any atom is 0.248 e. The van der Waals surface area contributed by atoms with Gasteiger partial charge in [0.2, 0.25) is 5.91 Å². The minimum Gasteiger partial charge on any atom is -0.383 e. The number of anilines is 1. The molecule has 98 valence electrons. The molecule has 0 saturated carbocycles. The highest BCUT2D eigenvalue weighted by atomic mass is 35.5. The number of rotatable bonds is 4. The Morgan fingerprint density at radius 2 is 2.39 bits per heavy atom. The first-order chi connectivity index (χ1) is 8.66. The first kappa shape index (κ1) is 13.2. The molecule has 1 unspecified atom stereocenters. The molecule has 1 aromatic carbocycles. The van der Waals surface area contributed by atoms with E-state index < -0.39 is 5.91 Å². The largest absolute Gasteiger partial charge is 0.383 e. The van der Waals surface area contributed by atoms with Crippen molar-refractivity contribution in [3.8, 4) is 0 Å². The summed E-state index contributed by atoms with van der Waals surface area (Å²) in [6.45, 7) is 2.43. The highest BCUT2D eigenvalue weighted by Gasteiger charge is 2.14. The summed E-state index contributed by atoms with van der Waals surface area (Å²) in [6, 6.07) is 5.00. The van der Waals surface area contributed by atoms with Gasteiger partial charge in [0.1, 0.15) is 0 Å². The van der Waals surface area contributed by atoms with Crippen LogP contribution in [0, 0.1) is 5.92 Å². The third-order valence-corrected chi connectivity index (χ3v) is 3.42. The average molecular weight is 269 g/mol. The number of carbonyl (C=O) groups is 1. The Morgan fingerprint density at radius 3 is 3.06 bits per heavy atom. The molecule has 3 N–H and O–H groups in total. The van der Waals surface area contributed by atoms with Crippen molar-refractivity contribution in [1.29, 1.82) is 0 Å². The molecular weight excluding hydrogens is 252 g/mol. The normalized spacial score (nSPS) is 19.5. The van der Waals surface area contributed by atoms with Crippen LogP contribution in [-0.4, -0.2) is 25.7 Å². The van der Waals surface area contributed by atoms with Crippen LogP contribution in [0.25, 0.3) is 0 Å². The topological polar surface area (TPSA) is 64.4 Å². The van der Waals surface area contributed by atoms with Gasteiger partial charge in [-0.1, -0.05) is 11.6 Å². The SMILES string of the molecule is NC(=O)c1ccc(Cl)c(NCC2CCCOC2)c1. The maximum absolute atomic E-state index is 11.1. The van der Waals surface area contributed by atoms with Crippen LogP contribution in [0.15, 0.2) is 18.2 Å². The molecule has 4 nitrogen and oxygen atoms in total. The number of hydrogen-bond donors (Lipinski definition) is 2. The molecule has 1 saturated heterocycles. The lowest BCUT2D eigenvalue weighted by Crippen LogP contribution is -2.24. The lowest BCUT2D eigenvalue weighted by Gasteiger charge is -2.23. The van der Waals surface area contributed by atoms with Gasteiger partial charge in [-0.15, -0.1) is 0 Å². The molecule has 1 atom stereocenters. The number of nitrogens with two attached hydrogens (primary N) is 1. The minimum atomic E-state index is -0.448. The monoisotopic (exact) mass is 268 g/mol. The summed E-state index contributed by atoms with van der Waals surface area (Å²) in [4.78, 5) is 11.1. The molecular formula is C13H17ClN2O2. The van der Waals surface area contributed by atoms with Gasteiger partial charge in [-0.2, -0.15) is 0 Å². The van der Waals surface area contributed by atoms with E-state index in [-0.39, 0.29) is 0 Å². The van der Waals surface area contributed by atoms with Crippen LogP contribution in [-0.2, 0) is 4.74 Å². The molecule has 2 rings (SSSR count). The fraction of sp³-hybridized carbons (Fsp3) is 0.462. The van der Waals surface area contributed by atoms with Crippen molar-refractivity contribution >= 4 is 23.2 Å². The quantitative estimate of drug-likeness (QED) is 0.881. The molecule has 0 aromatic heterocycles. The number of amides is 1. The average Bonchev–Trinajstić information content (AvgIpc) is 2.38. The zero-order valence-corrected chi connectivity index (χ0v) is 10.9. The lowest BCUT2D eigenvalue weighted by molar-refractivity contribution is 0.0595. The van der Waals surface area contributed by atoms with E-state index in [1.54, 1.807) is 18.2 Å². The molecule has 1 heterocycles. The summed E-state index contributed by atoms with van der Waals surface area (Å²) in [6.07, 6.45) is 2.25. The fourth-order valence-corrected chi connectivity index (χ4v) is 2.22. The molecule has 0 radical (unpaired) electrons. The van der Waals surface area contributed by atoms with Crippen molar-refractivity contribution in [3.63, 3.8) is 0 Å². The standard InChI is InChI=1S/C13H17ClN2O2/c14-11-4-3-10(13(15)17)6-12(11)16-7-9-2-1-5-18-8-9/h3-4,6,9,16H,1-2,5,7-8H2,(H2,15,17). The number of primary amides is 1. The summed E-state index contributed by atoms with van der Waals surface area (Å²) in [5.41, 5.74) is 6.45. The molecule has 0 bridgehead atoms. The third-order valence-electron chi connectivity index (χ3n) is 3.09. The highest BCUT2D eigenvalue weighted by Crippen LogP contribution is 2.24. The fourth-order valence-electron chi connectivity index (χ4n) is 2.04. The predicted octanol–water partition coefficient (Wildman–Crippen LogP) is 2.28. The Labute approximate surface area is 111 Å². The van der Waals surface area contributed by atoms with Crippen LogP contribution in [0.4, 0.5) is 5.69 Å². The van der Waals surface area contributed by atoms with E-state index in [9.17, 15) is 4.79 Å². The Kier molecular flexibility index (Phi) is 4.44. The van der Waals surface area contributed by atoms with Gasteiger partial charge in [0, 0.05) is 18.7 Å². The molecule has 1 amide bonds. The van der Waals surface area contributed by atoms with Gasteiger partial charge in [-0.05, 0) is 37.0 Å². The van der Waals surface area contributed by atoms with Crippen LogP contribution in [0.2, 0.25) is 5.02 Å². The van der Waals surface area contributed by atoms with Crippen LogP contribution < -0.4 is 11.1 Å². The van der Waals surface area contributed by atoms with Crippen molar-refractivity contribution in [2.45, 2.75) is 12.8 Å². The molecule has 5 heteroatoms. The van der Waals surface area contributed by atoms with Gasteiger partial charge >= 0.3 is 0 Å². The second-order valence-electron chi connectivity index (χ2n) is 4.52. The van der Waals surface area contributed by atoms with E-state index >= 15 is 0 Å². The molecule has 0 aliphatic carbocycles. The molecule has 0 spiro atoms. The molecule has 1 aliphatic rings. The van der Waals surface area contributed by atoms with Crippen LogP contribution in [0.3, 0.4) is 0 Å². The molecule has 1 fully saturated rings.